The van der Waals surface area contributed by atoms with Crippen LogP contribution in [0.3, 0.4) is 0 Å². The van der Waals surface area contributed by atoms with Gasteiger partial charge in [0, 0.05) is 6.54 Å². The molecule has 5 heteroatoms. The summed E-state index contributed by atoms with van der Waals surface area (Å²) in [7, 11) is 0. The molecule has 19 heavy (non-hydrogen) atoms. The molecule has 0 aromatic heterocycles. The van der Waals surface area contributed by atoms with E-state index in [4.69, 9.17) is 21.1 Å². The Labute approximate surface area is 124 Å². The first-order chi connectivity index (χ1) is 9.24. The maximum Gasteiger partial charge on any atom is 0.231 e. The molecule has 0 spiro atoms. The van der Waals surface area contributed by atoms with Gasteiger partial charge >= 0.3 is 0 Å². The molecule has 1 aliphatic heterocycles. The average Bonchev–Trinajstić information content (AvgIpc) is 2.88. The van der Waals surface area contributed by atoms with Gasteiger partial charge in [-0.15, -0.1) is 0 Å². The van der Waals surface area contributed by atoms with E-state index >= 15 is 0 Å². The summed E-state index contributed by atoms with van der Waals surface area (Å²) in [6.07, 6.45) is 0. The molecule has 0 unspecified atom stereocenters. The third kappa shape index (κ3) is 2.65. The highest BCUT2D eigenvalue weighted by Gasteiger charge is 2.13. The maximum atomic E-state index is 6.05. The second-order valence-electron chi connectivity index (χ2n) is 4.14. The van der Waals surface area contributed by atoms with Crippen molar-refractivity contribution in [3.63, 3.8) is 0 Å². The number of hydrogen-bond donors (Lipinski definition) is 1. The van der Waals surface area contributed by atoms with E-state index in [-0.39, 0.29) is 0 Å². The van der Waals surface area contributed by atoms with Crippen LogP contribution in [0.1, 0.15) is 5.56 Å². The Morgan fingerprint density at radius 3 is 2.89 bits per heavy atom. The first-order valence-electron chi connectivity index (χ1n) is 5.80. The number of benzene rings is 2. The molecule has 0 radical (unpaired) electrons. The summed E-state index contributed by atoms with van der Waals surface area (Å²) in [6, 6.07) is 11.6. The third-order valence-electron chi connectivity index (χ3n) is 2.87. The molecule has 3 nitrogen and oxygen atoms in total. The zero-order valence-electron chi connectivity index (χ0n) is 9.95. The summed E-state index contributed by atoms with van der Waals surface area (Å²) in [6.45, 7) is 0.988. The number of halogens is 2. The highest BCUT2D eigenvalue weighted by molar-refractivity contribution is 9.10. The van der Waals surface area contributed by atoms with Gasteiger partial charge in [0.05, 0.1) is 15.2 Å². The van der Waals surface area contributed by atoms with Gasteiger partial charge in [0.15, 0.2) is 11.5 Å². The Kier molecular flexibility index (Phi) is 3.53. The van der Waals surface area contributed by atoms with Gasteiger partial charge in [0.2, 0.25) is 6.79 Å². The highest BCUT2D eigenvalue weighted by atomic mass is 79.9. The first-order valence-corrected chi connectivity index (χ1v) is 6.97. The summed E-state index contributed by atoms with van der Waals surface area (Å²) in [5.41, 5.74) is 2.08. The molecule has 3 rings (SSSR count). The van der Waals surface area contributed by atoms with E-state index in [1.165, 1.54) is 0 Å². The summed E-state index contributed by atoms with van der Waals surface area (Å²) < 4.78 is 11.5. The SMILES string of the molecule is Clc1cccc(NCc2ccc3c(c2)OCO3)c1Br. The quantitative estimate of drug-likeness (QED) is 0.896. The smallest absolute Gasteiger partial charge is 0.231 e. The molecule has 1 aliphatic rings. The number of anilines is 1. The van der Waals surface area contributed by atoms with Crippen LogP contribution in [0.2, 0.25) is 5.02 Å². The van der Waals surface area contributed by atoms with Crippen molar-refractivity contribution in [1.29, 1.82) is 0 Å². The van der Waals surface area contributed by atoms with Crippen molar-refractivity contribution in [1.82, 2.24) is 0 Å². The monoisotopic (exact) mass is 339 g/mol. The molecule has 0 bridgehead atoms. The van der Waals surface area contributed by atoms with E-state index in [9.17, 15) is 0 Å². The normalized spacial score (nSPS) is 12.5. The second kappa shape index (κ2) is 5.31. The molecule has 0 aliphatic carbocycles. The van der Waals surface area contributed by atoms with Gasteiger partial charge in [-0.25, -0.2) is 0 Å². The van der Waals surface area contributed by atoms with Crippen LogP contribution in [-0.2, 0) is 6.54 Å². The van der Waals surface area contributed by atoms with Crippen LogP contribution < -0.4 is 14.8 Å². The minimum absolute atomic E-state index is 0.298. The maximum absolute atomic E-state index is 6.05. The number of fused-ring (bicyclic) bond motifs is 1. The molecule has 1 N–H and O–H groups in total. The van der Waals surface area contributed by atoms with Crippen molar-refractivity contribution in [2.24, 2.45) is 0 Å². The van der Waals surface area contributed by atoms with Crippen molar-refractivity contribution in [3.05, 3.63) is 51.5 Å². The first kappa shape index (κ1) is 12.6. The van der Waals surface area contributed by atoms with Crippen molar-refractivity contribution in [3.8, 4) is 11.5 Å². The number of ether oxygens (including phenoxy) is 2. The molecule has 0 atom stereocenters. The lowest BCUT2D eigenvalue weighted by Gasteiger charge is -2.10. The molecule has 98 valence electrons. The number of hydrogen-bond acceptors (Lipinski definition) is 3. The van der Waals surface area contributed by atoms with Crippen LogP contribution in [-0.4, -0.2) is 6.79 Å². The molecule has 0 fully saturated rings. The van der Waals surface area contributed by atoms with Gasteiger partial charge in [-0.05, 0) is 45.8 Å². The van der Waals surface area contributed by atoms with Gasteiger partial charge < -0.3 is 14.8 Å². The Morgan fingerprint density at radius 1 is 1.16 bits per heavy atom. The Balaban J connectivity index is 1.74. The fourth-order valence-electron chi connectivity index (χ4n) is 1.89. The number of rotatable bonds is 3. The molecule has 0 saturated heterocycles. The summed E-state index contributed by atoms with van der Waals surface area (Å²) >= 11 is 9.51. The molecular weight excluding hydrogens is 330 g/mol. The largest absolute Gasteiger partial charge is 0.454 e. The minimum atomic E-state index is 0.298. The Morgan fingerprint density at radius 2 is 2.00 bits per heavy atom. The van der Waals surface area contributed by atoms with Crippen LogP contribution >= 0.6 is 27.5 Å². The average molecular weight is 341 g/mol. The molecule has 0 saturated carbocycles. The number of nitrogens with one attached hydrogen (secondary N) is 1. The zero-order valence-corrected chi connectivity index (χ0v) is 12.3. The Hall–Kier alpha value is -1.39. The Bertz CT molecular complexity index is 618. The standard InChI is InChI=1S/C14H11BrClNO2/c15-14-10(16)2-1-3-11(14)17-7-9-4-5-12-13(6-9)19-8-18-12/h1-6,17H,7-8H2. The van der Waals surface area contributed by atoms with Gasteiger partial charge in [0.25, 0.3) is 0 Å². The zero-order chi connectivity index (χ0) is 13.2. The van der Waals surface area contributed by atoms with Gasteiger partial charge in [0.1, 0.15) is 0 Å². The van der Waals surface area contributed by atoms with Crippen molar-refractivity contribution >= 4 is 33.2 Å². The topological polar surface area (TPSA) is 30.5 Å². The lowest BCUT2D eigenvalue weighted by molar-refractivity contribution is 0.174. The van der Waals surface area contributed by atoms with Crippen LogP contribution in [0.4, 0.5) is 5.69 Å². The van der Waals surface area contributed by atoms with Gasteiger partial charge in [-0.3, -0.25) is 0 Å². The van der Waals surface area contributed by atoms with E-state index < -0.39 is 0 Å². The molecule has 2 aromatic carbocycles. The van der Waals surface area contributed by atoms with Crippen molar-refractivity contribution in [2.75, 3.05) is 12.1 Å². The fraction of sp³-hybridized carbons (Fsp3) is 0.143. The van der Waals surface area contributed by atoms with Crippen molar-refractivity contribution < 1.29 is 9.47 Å². The van der Waals surface area contributed by atoms with E-state index in [0.29, 0.717) is 18.4 Å². The van der Waals surface area contributed by atoms with Gasteiger partial charge in [-0.1, -0.05) is 23.7 Å². The molecule has 1 heterocycles. The van der Waals surface area contributed by atoms with E-state index in [0.717, 1.165) is 27.2 Å². The van der Waals surface area contributed by atoms with Crippen LogP contribution in [0.15, 0.2) is 40.9 Å². The van der Waals surface area contributed by atoms with Gasteiger partial charge in [-0.2, -0.15) is 0 Å². The van der Waals surface area contributed by atoms with Crippen LogP contribution in [0, 0.1) is 0 Å². The van der Waals surface area contributed by atoms with Crippen LogP contribution in [0.25, 0.3) is 0 Å². The summed E-state index contributed by atoms with van der Waals surface area (Å²) in [5, 5.41) is 4.02. The predicted molar refractivity (Wildman–Crippen MR) is 79.0 cm³/mol. The van der Waals surface area contributed by atoms with E-state index in [1.807, 2.05) is 36.4 Å². The lowest BCUT2D eigenvalue weighted by Crippen LogP contribution is -2.00. The van der Waals surface area contributed by atoms with Crippen molar-refractivity contribution in [2.45, 2.75) is 6.54 Å². The second-order valence-corrected chi connectivity index (χ2v) is 5.34. The molecule has 0 amide bonds. The highest BCUT2D eigenvalue weighted by Crippen LogP contribution is 2.33. The summed E-state index contributed by atoms with van der Waals surface area (Å²) in [4.78, 5) is 0. The lowest BCUT2D eigenvalue weighted by atomic mass is 10.2. The van der Waals surface area contributed by atoms with E-state index in [2.05, 4.69) is 21.2 Å². The fourth-order valence-corrected chi connectivity index (χ4v) is 2.47. The third-order valence-corrected chi connectivity index (χ3v) is 4.27. The minimum Gasteiger partial charge on any atom is -0.454 e. The van der Waals surface area contributed by atoms with E-state index in [1.54, 1.807) is 0 Å². The summed E-state index contributed by atoms with van der Waals surface area (Å²) in [5.74, 6) is 1.59. The molecule has 2 aromatic rings. The predicted octanol–water partition coefficient (Wildman–Crippen LogP) is 4.44. The van der Waals surface area contributed by atoms with Crippen LogP contribution in [0.5, 0.6) is 11.5 Å². The molecular formula is C14H11BrClNO2.